The molecule has 0 radical (unpaired) electrons. The van der Waals surface area contributed by atoms with Gasteiger partial charge in [-0.1, -0.05) is 42.1 Å². The van der Waals surface area contributed by atoms with Crippen LogP contribution in [-0.2, 0) is 11.3 Å². The second kappa shape index (κ2) is 9.06. The lowest BCUT2D eigenvalue weighted by Gasteiger charge is -2.19. The van der Waals surface area contributed by atoms with Crippen LogP contribution in [-0.4, -0.2) is 31.8 Å². The molecule has 0 bridgehead atoms. The fourth-order valence-corrected chi connectivity index (χ4v) is 4.23. The molecule has 2 aromatic carbocycles. The Morgan fingerprint density at radius 1 is 1.13 bits per heavy atom. The Morgan fingerprint density at radius 3 is 2.60 bits per heavy atom. The van der Waals surface area contributed by atoms with Crippen molar-refractivity contribution in [2.75, 3.05) is 16.4 Å². The summed E-state index contributed by atoms with van der Waals surface area (Å²) in [6.07, 6.45) is 0. The summed E-state index contributed by atoms with van der Waals surface area (Å²) in [5, 5.41) is 9.33. The molecule has 0 aliphatic carbocycles. The number of rotatable bonds is 7. The van der Waals surface area contributed by atoms with Crippen LogP contribution >= 0.6 is 23.1 Å². The van der Waals surface area contributed by atoms with E-state index in [1.54, 1.807) is 17.0 Å². The van der Waals surface area contributed by atoms with Crippen molar-refractivity contribution in [3.05, 3.63) is 71.4 Å². The topological polar surface area (TPSA) is 101 Å². The molecule has 7 nitrogen and oxygen atoms in total. The molecular weight excluding hydrogens is 423 g/mol. The fourth-order valence-electron chi connectivity index (χ4n) is 2.70. The summed E-state index contributed by atoms with van der Waals surface area (Å²) in [6, 6.07) is 15.8. The molecule has 0 spiro atoms. The molecule has 4 aromatic rings. The minimum absolute atomic E-state index is 0.132. The first kappa shape index (κ1) is 20.0. The van der Waals surface area contributed by atoms with Gasteiger partial charge in [-0.3, -0.25) is 9.69 Å². The number of benzene rings is 2. The summed E-state index contributed by atoms with van der Waals surface area (Å²) in [6.45, 7) is 0.382. The zero-order valence-electron chi connectivity index (χ0n) is 15.7. The summed E-state index contributed by atoms with van der Waals surface area (Å²) in [5.74, 6) is -0.0998. The summed E-state index contributed by atoms with van der Waals surface area (Å²) in [7, 11) is 0. The van der Waals surface area contributed by atoms with Crippen LogP contribution in [0.2, 0.25) is 0 Å². The third kappa shape index (κ3) is 4.84. The first-order valence-corrected chi connectivity index (χ1v) is 10.8. The van der Waals surface area contributed by atoms with Crippen LogP contribution in [0.1, 0.15) is 5.56 Å². The number of carbonyl (C=O) groups excluding carboxylic acids is 1. The minimum Gasteiger partial charge on any atom is -0.368 e. The van der Waals surface area contributed by atoms with E-state index in [0.29, 0.717) is 22.5 Å². The normalized spacial score (nSPS) is 10.8. The van der Waals surface area contributed by atoms with Crippen molar-refractivity contribution in [3.8, 4) is 11.3 Å². The first-order valence-electron chi connectivity index (χ1n) is 8.95. The fraction of sp³-hybridized carbons (Fsp3) is 0.100. The molecule has 2 aromatic heterocycles. The highest BCUT2D eigenvalue weighted by molar-refractivity contribution is 7.99. The van der Waals surface area contributed by atoms with Gasteiger partial charge >= 0.3 is 0 Å². The van der Waals surface area contributed by atoms with Crippen molar-refractivity contribution in [2.24, 2.45) is 0 Å². The van der Waals surface area contributed by atoms with Crippen molar-refractivity contribution in [1.29, 1.82) is 0 Å². The predicted molar refractivity (Wildman–Crippen MR) is 117 cm³/mol. The number of H-pyrrole nitrogens is 1. The number of aromatic nitrogens is 4. The highest BCUT2D eigenvalue weighted by atomic mass is 32.2. The summed E-state index contributed by atoms with van der Waals surface area (Å²) in [5.41, 5.74) is 8.00. The number of thiazole rings is 1. The summed E-state index contributed by atoms with van der Waals surface area (Å²) >= 11 is 2.56. The van der Waals surface area contributed by atoms with Gasteiger partial charge in [-0.2, -0.15) is 4.98 Å². The van der Waals surface area contributed by atoms with Gasteiger partial charge in [-0.25, -0.2) is 14.5 Å². The third-order valence-electron chi connectivity index (χ3n) is 4.15. The Morgan fingerprint density at radius 2 is 1.90 bits per heavy atom. The maximum Gasteiger partial charge on any atom is 0.239 e. The maximum atomic E-state index is 13.2. The van der Waals surface area contributed by atoms with Crippen LogP contribution in [0, 0.1) is 5.82 Å². The number of amides is 1. The van der Waals surface area contributed by atoms with Crippen LogP contribution < -0.4 is 10.6 Å². The molecule has 0 unspecified atom stereocenters. The van der Waals surface area contributed by atoms with Gasteiger partial charge in [-0.05, 0) is 29.8 Å². The second-order valence-electron chi connectivity index (χ2n) is 6.28. The number of hydrogen-bond donors (Lipinski definition) is 2. The number of thioether (sulfide) groups is 1. The molecule has 3 N–H and O–H groups in total. The molecule has 0 atom stereocenters. The molecule has 4 rings (SSSR count). The number of nitrogens with two attached hydrogens (primary N) is 1. The molecule has 152 valence electrons. The molecule has 30 heavy (non-hydrogen) atoms. The number of nitrogens with one attached hydrogen (secondary N) is 1. The van der Waals surface area contributed by atoms with Crippen molar-refractivity contribution < 1.29 is 9.18 Å². The first-order chi connectivity index (χ1) is 14.6. The van der Waals surface area contributed by atoms with E-state index < -0.39 is 0 Å². The zero-order chi connectivity index (χ0) is 20.9. The standard InChI is InChI=1S/C20H17FN6OS2/c21-15-8-6-14(7-9-15)16-11-30-20(23-16)27(10-13-4-2-1-3-5-13)17(28)12-29-19-24-18(22)25-26-19/h1-9,11H,10,12H2,(H3,22,24,25,26). The van der Waals surface area contributed by atoms with Crippen LogP contribution in [0.3, 0.4) is 0 Å². The number of nitrogens with zero attached hydrogens (tertiary/aromatic N) is 4. The Balaban J connectivity index is 1.56. The molecule has 0 saturated carbocycles. The van der Waals surface area contributed by atoms with Gasteiger partial charge < -0.3 is 5.73 Å². The van der Waals surface area contributed by atoms with E-state index in [1.165, 1.54) is 35.2 Å². The molecular formula is C20H17FN6OS2. The lowest BCUT2D eigenvalue weighted by atomic mass is 10.2. The molecule has 0 saturated heterocycles. The van der Waals surface area contributed by atoms with Crippen molar-refractivity contribution in [1.82, 2.24) is 20.2 Å². The average molecular weight is 441 g/mol. The monoisotopic (exact) mass is 440 g/mol. The van der Waals surface area contributed by atoms with E-state index in [4.69, 9.17) is 5.73 Å². The van der Waals surface area contributed by atoms with Crippen LogP contribution in [0.15, 0.2) is 65.1 Å². The smallest absolute Gasteiger partial charge is 0.239 e. The molecule has 0 fully saturated rings. The van der Waals surface area contributed by atoms with Gasteiger partial charge in [0.1, 0.15) is 5.82 Å². The molecule has 0 aliphatic rings. The van der Waals surface area contributed by atoms with Crippen LogP contribution in [0.5, 0.6) is 0 Å². The van der Waals surface area contributed by atoms with Gasteiger partial charge in [0.05, 0.1) is 18.0 Å². The van der Waals surface area contributed by atoms with Crippen LogP contribution in [0.25, 0.3) is 11.3 Å². The highest BCUT2D eigenvalue weighted by Gasteiger charge is 2.21. The Hall–Kier alpha value is -3.24. The van der Waals surface area contributed by atoms with Crippen molar-refractivity contribution in [2.45, 2.75) is 11.7 Å². The van der Waals surface area contributed by atoms with E-state index in [1.807, 2.05) is 35.7 Å². The van der Waals surface area contributed by atoms with E-state index in [-0.39, 0.29) is 23.4 Å². The van der Waals surface area contributed by atoms with E-state index in [9.17, 15) is 9.18 Å². The molecule has 0 aliphatic heterocycles. The molecule has 1 amide bonds. The van der Waals surface area contributed by atoms with E-state index in [2.05, 4.69) is 20.2 Å². The predicted octanol–water partition coefficient (Wildman–Crippen LogP) is 3.98. The Labute approximate surface area is 180 Å². The number of anilines is 2. The molecule has 10 heteroatoms. The lowest BCUT2D eigenvalue weighted by Crippen LogP contribution is -2.31. The van der Waals surface area contributed by atoms with Crippen LogP contribution in [0.4, 0.5) is 15.5 Å². The largest absolute Gasteiger partial charge is 0.368 e. The van der Waals surface area contributed by atoms with Gasteiger partial charge in [0, 0.05) is 10.9 Å². The third-order valence-corrected chi connectivity index (χ3v) is 5.85. The number of aromatic amines is 1. The van der Waals surface area contributed by atoms with Crippen molar-refractivity contribution >= 4 is 40.1 Å². The minimum atomic E-state index is -0.306. The maximum absolute atomic E-state index is 13.2. The Bertz CT molecular complexity index is 1130. The quantitative estimate of drug-likeness (QED) is 0.422. The summed E-state index contributed by atoms with van der Waals surface area (Å²) < 4.78 is 13.2. The van der Waals surface area contributed by atoms with Gasteiger partial charge in [0.25, 0.3) is 0 Å². The lowest BCUT2D eigenvalue weighted by molar-refractivity contribution is -0.116. The van der Waals surface area contributed by atoms with Gasteiger partial charge in [-0.15, -0.1) is 16.4 Å². The Kier molecular flexibility index (Phi) is 6.05. The highest BCUT2D eigenvalue weighted by Crippen LogP contribution is 2.29. The molecule has 2 heterocycles. The second-order valence-corrected chi connectivity index (χ2v) is 8.06. The van der Waals surface area contributed by atoms with Crippen molar-refractivity contribution in [3.63, 3.8) is 0 Å². The number of halogens is 1. The van der Waals surface area contributed by atoms with E-state index in [0.717, 1.165) is 11.1 Å². The number of nitrogen functional groups attached to an aromatic ring is 1. The number of carbonyl (C=O) groups is 1. The zero-order valence-corrected chi connectivity index (χ0v) is 17.3. The summed E-state index contributed by atoms with van der Waals surface area (Å²) in [4.78, 5) is 23.3. The van der Waals surface area contributed by atoms with Gasteiger partial charge in [0.2, 0.25) is 17.0 Å². The SMILES string of the molecule is Nc1nc(SCC(=O)N(Cc2ccccc2)c2nc(-c3ccc(F)cc3)cs2)n[nH]1. The average Bonchev–Trinajstić information content (AvgIpc) is 3.41. The van der Waals surface area contributed by atoms with E-state index >= 15 is 0 Å². The van der Waals surface area contributed by atoms with Gasteiger partial charge in [0.15, 0.2) is 5.13 Å². The number of hydrogen-bond acceptors (Lipinski definition) is 7.